The molecule has 31 heavy (non-hydrogen) atoms. The predicted octanol–water partition coefficient (Wildman–Crippen LogP) is 5.64. The molecule has 0 aromatic heterocycles. The van der Waals surface area contributed by atoms with Gasteiger partial charge in [0.15, 0.2) is 0 Å². The van der Waals surface area contributed by atoms with Crippen molar-refractivity contribution in [1.29, 1.82) is 0 Å². The number of nitrogens with two attached hydrogens (primary N) is 2. The van der Waals surface area contributed by atoms with Crippen LogP contribution in [0.4, 0.5) is 11.4 Å². The molecule has 0 aliphatic rings. The summed E-state index contributed by atoms with van der Waals surface area (Å²) < 4.78 is 17.3. The molecule has 0 spiro atoms. The van der Waals surface area contributed by atoms with E-state index in [4.69, 9.17) is 25.7 Å². The van der Waals surface area contributed by atoms with E-state index in [1.54, 1.807) is 72.8 Å². The number of hydrogen-bond acceptors (Lipinski definition) is 7. The van der Waals surface area contributed by atoms with E-state index in [1.807, 2.05) is 0 Å². The zero-order valence-electron chi connectivity index (χ0n) is 16.4. The summed E-state index contributed by atoms with van der Waals surface area (Å²) in [6.07, 6.45) is 0. The van der Waals surface area contributed by atoms with E-state index in [1.165, 1.54) is 12.1 Å². The Hall–Kier alpha value is -4.52. The van der Waals surface area contributed by atoms with Gasteiger partial charge in [-0.15, -0.1) is 0 Å². The van der Waals surface area contributed by atoms with Gasteiger partial charge in [0.1, 0.15) is 46.0 Å². The lowest BCUT2D eigenvalue weighted by Crippen LogP contribution is -1.90. The zero-order chi connectivity index (χ0) is 21.8. The van der Waals surface area contributed by atoms with E-state index < -0.39 is 0 Å². The van der Waals surface area contributed by atoms with Gasteiger partial charge in [0.05, 0.1) is 11.4 Å². The first-order valence-corrected chi connectivity index (χ1v) is 9.37. The van der Waals surface area contributed by atoms with E-state index in [0.717, 1.165) is 0 Å². The Bertz CT molecular complexity index is 1100. The monoisotopic (exact) mass is 416 g/mol. The summed E-state index contributed by atoms with van der Waals surface area (Å²) in [6.45, 7) is 0. The number of anilines is 2. The Morgan fingerprint density at radius 1 is 0.419 bits per heavy atom. The molecule has 0 amide bonds. The Kier molecular flexibility index (Phi) is 5.40. The summed E-state index contributed by atoms with van der Waals surface area (Å²) in [6, 6.07) is 23.5. The molecule has 7 heteroatoms. The van der Waals surface area contributed by atoms with Crippen molar-refractivity contribution in [2.45, 2.75) is 0 Å². The summed E-state index contributed by atoms with van der Waals surface area (Å²) in [4.78, 5) is 0. The molecule has 0 bridgehead atoms. The fourth-order valence-electron chi connectivity index (χ4n) is 2.74. The van der Waals surface area contributed by atoms with E-state index in [2.05, 4.69) is 0 Å². The van der Waals surface area contributed by atoms with Gasteiger partial charge in [-0.2, -0.15) is 0 Å². The van der Waals surface area contributed by atoms with Crippen molar-refractivity contribution < 1.29 is 24.4 Å². The molecule has 0 radical (unpaired) electrons. The van der Waals surface area contributed by atoms with Crippen LogP contribution in [0, 0.1) is 0 Å². The number of rotatable bonds is 6. The molecule has 156 valence electrons. The second-order valence-electron chi connectivity index (χ2n) is 6.69. The average molecular weight is 416 g/mol. The number of phenols is 2. The van der Waals surface area contributed by atoms with Gasteiger partial charge in [0.2, 0.25) is 0 Å². The molecule has 0 saturated heterocycles. The van der Waals surface area contributed by atoms with Crippen LogP contribution in [-0.2, 0) is 0 Å². The maximum Gasteiger partial charge on any atom is 0.142 e. The minimum atomic E-state index is -0.0289. The summed E-state index contributed by atoms with van der Waals surface area (Å²) >= 11 is 0. The smallest absolute Gasteiger partial charge is 0.142 e. The predicted molar refractivity (Wildman–Crippen MR) is 118 cm³/mol. The molecule has 6 N–H and O–H groups in total. The Labute approximate surface area is 178 Å². The fraction of sp³-hybridized carbons (Fsp3) is 0. The first-order chi connectivity index (χ1) is 15.0. The molecular formula is C24H20N2O5. The highest BCUT2D eigenvalue weighted by atomic mass is 16.5. The van der Waals surface area contributed by atoms with Crippen LogP contribution in [0.3, 0.4) is 0 Å². The highest BCUT2D eigenvalue weighted by molar-refractivity contribution is 5.56. The number of phenolic OH excluding ortho intramolecular Hbond substituents is 2. The molecule has 0 fully saturated rings. The summed E-state index contributed by atoms with van der Waals surface area (Å²) in [7, 11) is 0. The third kappa shape index (κ3) is 4.91. The van der Waals surface area contributed by atoms with Crippen molar-refractivity contribution in [1.82, 2.24) is 0 Å². The van der Waals surface area contributed by atoms with E-state index in [0.29, 0.717) is 40.2 Å². The number of nitrogen functional groups attached to an aromatic ring is 2. The van der Waals surface area contributed by atoms with Crippen LogP contribution in [-0.4, -0.2) is 10.2 Å². The lowest BCUT2D eigenvalue weighted by Gasteiger charge is -2.10. The maximum absolute atomic E-state index is 9.66. The largest absolute Gasteiger partial charge is 0.506 e. The van der Waals surface area contributed by atoms with Crippen molar-refractivity contribution in [3.05, 3.63) is 84.9 Å². The highest BCUT2D eigenvalue weighted by Crippen LogP contribution is 2.32. The van der Waals surface area contributed by atoms with Crippen LogP contribution in [0.15, 0.2) is 84.9 Å². The molecular weight excluding hydrogens is 396 g/mol. The van der Waals surface area contributed by atoms with Gasteiger partial charge in [-0.3, -0.25) is 0 Å². The normalized spacial score (nSPS) is 10.5. The fourth-order valence-corrected chi connectivity index (χ4v) is 2.74. The Morgan fingerprint density at radius 2 is 0.806 bits per heavy atom. The molecule has 0 aliphatic heterocycles. The van der Waals surface area contributed by atoms with Crippen molar-refractivity contribution in [3.63, 3.8) is 0 Å². The summed E-state index contributed by atoms with van der Waals surface area (Å²) in [5.41, 5.74) is 11.8. The molecule has 0 heterocycles. The third-order valence-corrected chi connectivity index (χ3v) is 4.36. The van der Waals surface area contributed by atoms with Crippen molar-refractivity contribution in [2.24, 2.45) is 0 Å². The molecule has 0 aliphatic carbocycles. The topological polar surface area (TPSA) is 120 Å². The lowest BCUT2D eigenvalue weighted by molar-refractivity contribution is 0.453. The van der Waals surface area contributed by atoms with E-state index >= 15 is 0 Å². The Morgan fingerprint density at radius 3 is 1.26 bits per heavy atom. The van der Waals surface area contributed by atoms with Crippen LogP contribution < -0.4 is 25.7 Å². The quantitative estimate of drug-likeness (QED) is 0.237. The van der Waals surface area contributed by atoms with Gasteiger partial charge in [0.25, 0.3) is 0 Å². The van der Waals surface area contributed by atoms with Crippen LogP contribution >= 0.6 is 0 Å². The zero-order valence-corrected chi connectivity index (χ0v) is 16.4. The van der Waals surface area contributed by atoms with Crippen molar-refractivity contribution in [2.75, 3.05) is 11.5 Å². The molecule has 4 rings (SSSR count). The van der Waals surface area contributed by atoms with E-state index in [-0.39, 0.29) is 17.2 Å². The number of benzene rings is 4. The van der Waals surface area contributed by atoms with Gasteiger partial charge in [-0.1, -0.05) is 0 Å². The molecule has 4 aromatic rings. The number of hydrogen-bond donors (Lipinski definition) is 4. The maximum atomic E-state index is 9.66. The van der Waals surface area contributed by atoms with Crippen molar-refractivity contribution in [3.8, 4) is 46.0 Å². The standard InChI is InChI=1S/C24H20N2O5/c25-21-11-9-20(14-24(21)28)31-18-7-3-16(4-8-18)29-15-1-5-17(6-2-15)30-19-10-12-23(27)22(26)13-19/h1-14,27-28H,25-26H2. The van der Waals surface area contributed by atoms with Crippen molar-refractivity contribution >= 4 is 11.4 Å². The van der Waals surface area contributed by atoms with Crippen LogP contribution in [0.1, 0.15) is 0 Å². The van der Waals surface area contributed by atoms with Crippen LogP contribution in [0.2, 0.25) is 0 Å². The third-order valence-electron chi connectivity index (χ3n) is 4.36. The van der Waals surface area contributed by atoms with Gasteiger partial charge < -0.3 is 35.9 Å². The average Bonchev–Trinajstić information content (AvgIpc) is 2.76. The summed E-state index contributed by atoms with van der Waals surface area (Å²) in [5, 5.41) is 19.1. The molecule has 0 atom stereocenters. The first-order valence-electron chi connectivity index (χ1n) is 9.37. The van der Waals surface area contributed by atoms with Gasteiger partial charge in [-0.05, 0) is 72.8 Å². The first kappa shape index (κ1) is 19.8. The number of aromatic hydroxyl groups is 2. The van der Waals surface area contributed by atoms with Gasteiger partial charge in [0, 0.05) is 12.1 Å². The van der Waals surface area contributed by atoms with Gasteiger partial charge >= 0.3 is 0 Å². The lowest BCUT2D eigenvalue weighted by atomic mass is 10.2. The molecule has 7 nitrogen and oxygen atoms in total. The van der Waals surface area contributed by atoms with E-state index in [9.17, 15) is 10.2 Å². The minimum absolute atomic E-state index is 0.0131. The SMILES string of the molecule is Nc1cc(Oc2ccc(Oc3ccc(Oc4ccc(N)c(O)c4)cc3)cc2)ccc1O. The van der Waals surface area contributed by atoms with Gasteiger partial charge in [-0.25, -0.2) is 0 Å². The highest BCUT2D eigenvalue weighted by Gasteiger charge is 2.05. The second kappa shape index (κ2) is 8.46. The van der Waals surface area contributed by atoms with Crippen LogP contribution in [0.5, 0.6) is 46.0 Å². The molecule has 4 aromatic carbocycles. The number of ether oxygens (including phenoxy) is 3. The minimum Gasteiger partial charge on any atom is -0.506 e. The second-order valence-corrected chi connectivity index (χ2v) is 6.69. The summed E-state index contributed by atoms with van der Waals surface area (Å²) in [5.74, 6) is 3.45. The van der Waals surface area contributed by atoms with Crippen LogP contribution in [0.25, 0.3) is 0 Å². The Balaban J connectivity index is 1.37. The molecule has 0 unspecified atom stereocenters. The molecule has 0 saturated carbocycles.